The molecule has 0 aliphatic carbocycles. The molecule has 0 spiro atoms. The van der Waals surface area contributed by atoms with Gasteiger partial charge in [-0.05, 0) is 74.2 Å². The van der Waals surface area contributed by atoms with Crippen LogP contribution in [0.2, 0.25) is 0 Å². The van der Waals surface area contributed by atoms with Crippen molar-refractivity contribution in [3.05, 3.63) is 108 Å². The first-order valence-corrected chi connectivity index (χ1v) is 21.5. The van der Waals surface area contributed by atoms with E-state index in [1.54, 1.807) is 48.5 Å². The van der Waals surface area contributed by atoms with E-state index in [1.807, 2.05) is 36.4 Å². The molecule has 0 saturated heterocycles. The van der Waals surface area contributed by atoms with Crippen molar-refractivity contribution in [3.8, 4) is 23.0 Å². The molecule has 4 rings (SSSR count). The summed E-state index contributed by atoms with van der Waals surface area (Å²) in [6.45, 7) is 4.38. The molecular weight excluding hydrogens is 737 g/mol. The van der Waals surface area contributed by atoms with Gasteiger partial charge in [0, 0.05) is 11.1 Å². The van der Waals surface area contributed by atoms with Crippen LogP contribution < -0.4 is 9.47 Å². The van der Waals surface area contributed by atoms with E-state index in [4.69, 9.17) is 9.47 Å². The number of rotatable bonds is 22. The summed E-state index contributed by atoms with van der Waals surface area (Å²) in [6.07, 6.45) is 16.8. The third-order valence-corrected chi connectivity index (χ3v) is 10.6. The monoisotopic (exact) mass is 790 g/mol. The number of hydrogen-bond donors (Lipinski definition) is 0. The number of ether oxygens (including phenoxy) is 2. The van der Waals surface area contributed by atoms with Gasteiger partial charge in [0.2, 0.25) is 0 Å². The first kappa shape index (κ1) is 46.7. The topological polar surface area (TPSA) is 133 Å². The molecule has 53 heavy (non-hydrogen) atoms. The summed E-state index contributed by atoms with van der Waals surface area (Å²) in [7, 11) is -9.07. The SMILES string of the molecule is CCCCCCCCCc1c(Oc2ccccc2)cccc1S(=O)(=O)[O-].CCCCCCCCCc1c(Oc2ccccc2)cccc1S(=O)(=O)[O-].[Ca+2]. The van der Waals surface area contributed by atoms with Gasteiger partial charge in [-0.15, -0.1) is 0 Å². The fraction of sp³-hybridized carbons (Fsp3) is 0.429. The van der Waals surface area contributed by atoms with Crippen molar-refractivity contribution in [2.24, 2.45) is 0 Å². The third-order valence-electron chi connectivity index (χ3n) is 8.72. The van der Waals surface area contributed by atoms with Crippen LogP contribution in [0.3, 0.4) is 0 Å². The number of benzene rings is 4. The molecule has 0 heterocycles. The van der Waals surface area contributed by atoms with Crippen LogP contribution >= 0.6 is 0 Å². The molecule has 0 N–H and O–H groups in total. The van der Waals surface area contributed by atoms with Gasteiger partial charge < -0.3 is 18.6 Å². The zero-order valence-electron chi connectivity index (χ0n) is 31.3. The van der Waals surface area contributed by atoms with Crippen molar-refractivity contribution < 1.29 is 35.4 Å². The van der Waals surface area contributed by atoms with Crippen LogP contribution in [0.25, 0.3) is 0 Å². The molecule has 0 aliphatic heterocycles. The van der Waals surface area contributed by atoms with Crippen LogP contribution in [0.15, 0.2) is 107 Å². The molecule has 0 bridgehead atoms. The minimum absolute atomic E-state index is 0. The van der Waals surface area contributed by atoms with E-state index in [-0.39, 0.29) is 47.5 Å². The Morgan fingerprint density at radius 2 is 0.755 bits per heavy atom. The molecule has 4 aromatic carbocycles. The largest absolute Gasteiger partial charge is 2.00 e. The summed E-state index contributed by atoms with van der Waals surface area (Å²) >= 11 is 0. The molecule has 0 fully saturated rings. The zero-order chi connectivity index (χ0) is 37.7. The fourth-order valence-corrected chi connectivity index (χ4v) is 7.49. The van der Waals surface area contributed by atoms with Crippen LogP contribution in [-0.2, 0) is 33.1 Å². The smallest absolute Gasteiger partial charge is 0.744 e. The molecule has 0 aromatic heterocycles. The summed E-state index contributed by atoms with van der Waals surface area (Å²) in [6, 6.07) is 27.6. The van der Waals surface area contributed by atoms with Gasteiger partial charge in [0.25, 0.3) is 0 Å². The molecule has 0 amide bonds. The molecule has 0 atom stereocenters. The van der Waals surface area contributed by atoms with Crippen molar-refractivity contribution in [1.82, 2.24) is 0 Å². The molecule has 284 valence electrons. The van der Waals surface area contributed by atoms with Gasteiger partial charge in [-0.3, -0.25) is 0 Å². The first-order chi connectivity index (χ1) is 25.0. The average Bonchev–Trinajstić information content (AvgIpc) is 3.12. The quantitative estimate of drug-likeness (QED) is 0.0436. The number of unbranched alkanes of at least 4 members (excludes halogenated alkanes) is 12. The normalized spacial score (nSPS) is 11.2. The average molecular weight is 791 g/mol. The minimum Gasteiger partial charge on any atom is -0.744 e. The van der Waals surface area contributed by atoms with E-state index < -0.39 is 20.2 Å². The van der Waals surface area contributed by atoms with Gasteiger partial charge in [-0.1, -0.05) is 139 Å². The Morgan fingerprint density at radius 3 is 1.08 bits per heavy atom. The van der Waals surface area contributed by atoms with Gasteiger partial charge in [0.1, 0.15) is 43.2 Å². The predicted octanol–water partition coefficient (Wildman–Crippen LogP) is 11.0. The Hall–Kier alpha value is -2.44. The second kappa shape index (κ2) is 25.6. The second-order valence-corrected chi connectivity index (χ2v) is 15.6. The Bertz CT molecular complexity index is 1680. The fourth-order valence-electron chi connectivity index (χ4n) is 5.99. The molecule has 0 saturated carbocycles. The Morgan fingerprint density at radius 1 is 0.434 bits per heavy atom. The Balaban J connectivity index is 0.000000360. The molecule has 0 unspecified atom stereocenters. The molecule has 11 heteroatoms. The predicted molar refractivity (Wildman–Crippen MR) is 211 cm³/mol. The third kappa shape index (κ3) is 17.7. The van der Waals surface area contributed by atoms with Crippen molar-refractivity contribution in [3.63, 3.8) is 0 Å². The Kier molecular flexibility index (Phi) is 22.6. The van der Waals surface area contributed by atoms with E-state index in [0.717, 1.165) is 38.5 Å². The van der Waals surface area contributed by atoms with Gasteiger partial charge in [-0.2, -0.15) is 0 Å². The van der Waals surface area contributed by atoms with E-state index >= 15 is 0 Å². The van der Waals surface area contributed by atoms with Gasteiger partial charge in [0.15, 0.2) is 0 Å². The maximum atomic E-state index is 11.7. The van der Waals surface area contributed by atoms with Crippen LogP contribution in [0.5, 0.6) is 23.0 Å². The zero-order valence-corrected chi connectivity index (χ0v) is 35.2. The van der Waals surface area contributed by atoms with Crippen LogP contribution in [0.4, 0.5) is 0 Å². The van der Waals surface area contributed by atoms with Crippen LogP contribution in [0, 0.1) is 0 Å². The van der Waals surface area contributed by atoms with E-state index in [1.165, 1.54) is 63.5 Å². The first-order valence-electron chi connectivity index (χ1n) is 18.7. The van der Waals surface area contributed by atoms with Gasteiger partial charge in [0.05, 0.1) is 9.79 Å². The van der Waals surface area contributed by atoms with E-state index in [0.29, 0.717) is 47.0 Å². The summed E-state index contributed by atoms with van der Waals surface area (Å²) in [5.74, 6) is 2.13. The van der Waals surface area contributed by atoms with Gasteiger partial charge >= 0.3 is 37.7 Å². The van der Waals surface area contributed by atoms with Crippen LogP contribution in [0.1, 0.15) is 115 Å². The van der Waals surface area contributed by atoms with Crippen LogP contribution in [-0.4, -0.2) is 63.7 Å². The standard InChI is InChI=1S/2C21H28O4S.Ca/c2*1-2-3-4-5-6-7-11-15-19-20(25-18-13-9-8-10-14-18)16-12-17-21(19)26(22,23)24;/h2*8-10,12-14,16-17H,2-7,11,15H2,1H3,(H,22,23,24);/q;;+2/p-2. The molecule has 0 aliphatic rings. The number of para-hydroxylation sites is 2. The van der Waals surface area contributed by atoms with E-state index in [9.17, 15) is 25.9 Å². The van der Waals surface area contributed by atoms with Crippen molar-refractivity contribution in [1.29, 1.82) is 0 Å². The van der Waals surface area contributed by atoms with Gasteiger partial charge in [-0.25, -0.2) is 16.8 Å². The number of hydrogen-bond acceptors (Lipinski definition) is 8. The second-order valence-electron chi connectivity index (χ2n) is 12.9. The van der Waals surface area contributed by atoms with Crippen molar-refractivity contribution in [2.45, 2.75) is 126 Å². The summed E-state index contributed by atoms with van der Waals surface area (Å²) < 4.78 is 81.6. The summed E-state index contributed by atoms with van der Waals surface area (Å²) in [4.78, 5) is -0.339. The molecule has 8 nitrogen and oxygen atoms in total. The summed E-state index contributed by atoms with van der Waals surface area (Å²) in [5.41, 5.74) is 0.972. The van der Waals surface area contributed by atoms with E-state index in [2.05, 4.69) is 13.8 Å². The maximum Gasteiger partial charge on any atom is 2.00 e. The molecular formula is C42H54CaO8S2. The maximum absolute atomic E-state index is 11.7. The Labute approximate surface area is 348 Å². The molecule has 4 aromatic rings. The van der Waals surface area contributed by atoms with Crippen molar-refractivity contribution >= 4 is 58.0 Å². The van der Waals surface area contributed by atoms with Crippen molar-refractivity contribution in [2.75, 3.05) is 0 Å². The minimum atomic E-state index is -4.53. The summed E-state index contributed by atoms with van der Waals surface area (Å²) in [5, 5.41) is 0. The molecule has 0 radical (unpaired) electrons.